The van der Waals surface area contributed by atoms with Crippen molar-refractivity contribution in [2.24, 2.45) is 0 Å². The zero-order chi connectivity index (χ0) is 17.3. The molecule has 0 saturated carbocycles. The molecule has 0 amide bonds. The maximum Gasteiger partial charge on any atom is 0.188 e. The van der Waals surface area contributed by atoms with Gasteiger partial charge in [0, 0.05) is 24.2 Å². The minimum Gasteiger partial charge on any atom is -0.378 e. The lowest BCUT2D eigenvalue weighted by Crippen LogP contribution is -2.36. The van der Waals surface area contributed by atoms with Crippen LogP contribution in [0, 0.1) is 0 Å². The summed E-state index contributed by atoms with van der Waals surface area (Å²) < 4.78 is 5.47. The number of fused-ring (bicyclic) bond motifs is 2. The zero-order valence-corrected chi connectivity index (χ0v) is 15.0. The van der Waals surface area contributed by atoms with E-state index in [1.807, 2.05) is 30.3 Å². The molecule has 0 unspecified atom stereocenters. The van der Waals surface area contributed by atoms with Gasteiger partial charge in [0.05, 0.1) is 24.4 Å². The van der Waals surface area contributed by atoms with Crippen LogP contribution in [0.3, 0.4) is 0 Å². The summed E-state index contributed by atoms with van der Waals surface area (Å²) in [6.07, 6.45) is 0. The number of anilines is 3. The van der Waals surface area contributed by atoms with Crippen molar-refractivity contribution in [2.75, 3.05) is 36.5 Å². The Morgan fingerprint density at radius 3 is 2.54 bits per heavy atom. The Balaban J connectivity index is 1.68. The molecular weight excluding hydrogens is 344 g/mol. The van der Waals surface area contributed by atoms with E-state index in [1.54, 1.807) is 11.3 Å². The molecular formula is C20H18N4OS. The largest absolute Gasteiger partial charge is 0.378 e. The highest BCUT2D eigenvalue weighted by Crippen LogP contribution is 2.37. The molecule has 5 nitrogen and oxygen atoms in total. The number of thiazole rings is 1. The first-order chi connectivity index (χ1) is 12.9. The minimum absolute atomic E-state index is 0.750. The molecule has 2 aromatic carbocycles. The Labute approximate surface area is 155 Å². The van der Waals surface area contributed by atoms with Crippen molar-refractivity contribution in [3.8, 4) is 0 Å². The second-order valence-corrected chi connectivity index (χ2v) is 7.20. The number of aromatic nitrogens is 2. The molecule has 1 aliphatic heterocycles. The van der Waals surface area contributed by atoms with Crippen LogP contribution in [-0.4, -0.2) is 36.3 Å². The van der Waals surface area contributed by atoms with Gasteiger partial charge in [-0.1, -0.05) is 47.7 Å². The predicted octanol–water partition coefficient (Wildman–Crippen LogP) is 4.42. The molecule has 0 bridgehead atoms. The van der Waals surface area contributed by atoms with Crippen molar-refractivity contribution in [1.29, 1.82) is 0 Å². The van der Waals surface area contributed by atoms with E-state index in [9.17, 15) is 0 Å². The van der Waals surface area contributed by atoms with Gasteiger partial charge >= 0.3 is 0 Å². The first-order valence-electron chi connectivity index (χ1n) is 8.72. The number of para-hydroxylation sites is 2. The summed E-state index contributed by atoms with van der Waals surface area (Å²) >= 11 is 1.65. The van der Waals surface area contributed by atoms with Gasteiger partial charge in [-0.2, -0.15) is 0 Å². The van der Waals surface area contributed by atoms with Gasteiger partial charge in [0.15, 0.2) is 5.13 Å². The lowest BCUT2D eigenvalue weighted by atomic mass is 10.1. The zero-order valence-electron chi connectivity index (χ0n) is 14.2. The number of nitrogens with one attached hydrogen (secondary N) is 1. The summed E-state index contributed by atoms with van der Waals surface area (Å²) in [4.78, 5) is 13.0. The molecule has 1 aliphatic rings. The van der Waals surface area contributed by atoms with Crippen LogP contribution in [0.25, 0.3) is 21.3 Å². The molecule has 0 radical (unpaired) electrons. The van der Waals surface area contributed by atoms with E-state index in [4.69, 9.17) is 14.7 Å². The Morgan fingerprint density at radius 1 is 0.923 bits per heavy atom. The van der Waals surface area contributed by atoms with Crippen LogP contribution in [0.15, 0.2) is 54.6 Å². The highest BCUT2D eigenvalue weighted by molar-refractivity contribution is 7.22. The van der Waals surface area contributed by atoms with E-state index in [2.05, 4.69) is 34.5 Å². The van der Waals surface area contributed by atoms with Gasteiger partial charge in [0.25, 0.3) is 0 Å². The summed E-state index contributed by atoms with van der Waals surface area (Å²) in [6, 6.07) is 18.4. The van der Waals surface area contributed by atoms with Gasteiger partial charge in [0.2, 0.25) is 0 Å². The lowest BCUT2D eigenvalue weighted by Gasteiger charge is -2.25. The third-order valence-corrected chi connectivity index (χ3v) is 5.56. The van der Waals surface area contributed by atoms with Gasteiger partial charge in [-0.25, -0.2) is 9.97 Å². The molecule has 0 aliphatic carbocycles. The first kappa shape index (κ1) is 15.5. The fourth-order valence-corrected chi connectivity index (χ4v) is 4.25. The quantitative estimate of drug-likeness (QED) is 0.584. The van der Waals surface area contributed by atoms with Gasteiger partial charge in [-0.05, 0) is 18.2 Å². The normalized spacial score (nSPS) is 14.8. The number of nitrogens with zero attached hydrogens (tertiary/aromatic N) is 3. The maximum atomic E-state index is 5.47. The van der Waals surface area contributed by atoms with Crippen molar-refractivity contribution < 1.29 is 4.74 Å². The van der Waals surface area contributed by atoms with Crippen LogP contribution in [0.2, 0.25) is 0 Å². The van der Waals surface area contributed by atoms with Gasteiger partial charge in [0.1, 0.15) is 10.3 Å². The molecule has 1 N–H and O–H groups in total. The summed E-state index contributed by atoms with van der Waals surface area (Å²) in [5.41, 5.74) is 3.98. The van der Waals surface area contributed by atoms with Gasteiger partial charge in [-0.15, -0.1) is 0 Å². The topological polar surface area (TPSA) is 50.3 Å². The summed E-state index contributed by atoms with van der Waals surface area (Å²) in [5, 5.41) is 5.67. The number of ether oxygens (including phenoxy) is 1. The third kappa shape index (κ3) is 2.77. The van der Waals surface area contributed by atoms with E-state index >= 15 is 0 Å². The van der Waals surface area contributed by atoms with E-state index in [1.165, 1.54) is 0 Å². The average molecular weight is 362 g/mol. The molecule has 6 heteroatoms. The fourth-order valence-electron chi connectivity index (χ4n) is 3.24. The SMILES string of the molecule is c1ccc(Nc2c3ccccc3nc3sc(N4CCOCC4)nc23)cc1. The molecule has 0 spiro atoms. The summed E-state index contributed by atoms with van der Waals surface area (Å²) in [7, 11) is 0. The molecule has 2 aromatic heterocycles. The van der Waals surface area contributed by atoms with E-state index in [0.717, 1.165) is 64.1 Å². The Bertz CT molecular complexity index is 1060. The number of benzene rings is 2. The van der Waals surface area contributed by atoms with E-state index < -0.39 is 0 Å². The van der Waals surface area contributed by atoms with Crippen LogP contribution in [-0.2, 0) is 4.74 Å². The fraction of sp³-hybridized carbons (Fsp3) is 0.200. The minimum atomic E-state index is 0.750. The first-order valence-corrected chi connectivity index (χ1v) is 9.54. The summed E-state index contributed by atoms with van der Waals surface area (Å²) in [5.74, 6) is 0. The van der Waals surface area contributed by atoms with Crippen LogP contribution >= 0.6 is 11.3 Å². The molecule has 0 atom stereocenters. The lowest BCUT2D eigenvalue weighted by molar-refractivity contribution is 0.122. The number of rotatable bonds is 3. The van der Waals surface area contributed by atoms with Crippen molar-refractivity contribution in [3.63, 3.8) is 0 Å². The molecule has 26 heavy (non-hydrogen) atoms. The molecule has 130 valence electrons. The summed E-state index contributed by atoms with van der Waals surface area (Å²) in [6.45, 7) is 3.25. The van der Waals surface area contributed by atoms with Crippen molar-refractivity contribution in [1.82, 2.24) is 9.97 Å². The monoisotopic (exact) mass is 362 g/mol. The van der Waals surface area contributed by atoms with E-state index in [-0.39, 0.29) is 0 Å². The Hall–Kier alpha value is -2.70. The van der Waals surface area contributed by atoms with Crippen molar-refractivity contribution in [3.05, 3.63) is 54.6 Å². The van der Waals surface area contributed by atoms with Crippen LogP contribution < -0.4 is 10.2 Å². The number of hydrogen-bond acceptors (Lipinski definition) is 6. The predicted molar refractivity (Wildman–Crippen MR) is 108 cm³/mol. The van der Waals surface area contributed by atoms with Gasteiger partial charge in [-0.3, -0.25) is 0 Å². The van der Waals surface area contributed by atoms with Crippen LogP contribution in [0.4, 0.5) is 16.5 Å². The molecule has 1 fully saturated rings. The number of hydrogen-bond donors (Lipinski definition) is 1. The number of pyridine rings is 1. The third-order valence-electron chi connectivity index (χ3n) is 4.55. The van der Waals surface area contributed by atoms with Crippen LogP contribution in [0.5, 0.6) is 0 Å². The Kier molecular flexibility index (Phi) is 3.92. The van der Waals surface area contributed by atoms with Crippen molar-refractivity contribution in [2.45, 2.75) is 0 Å². The highest BCUT2D eigenvalue weighted by Gasteiger charge is 2.19. The standard InChI is InChI=1S/C20H18N4OS/c1-2-6-14(7-3-1)21-17-15-8-4-5-9-16(15)22-19-18(17)23-20(26-19)24-10-12-25-13-11-24/h1-9H,10-13H2,(H,21,22). The maximum absolute atomic E-state index is 5.47. The second-order valence-electron chi connectivity index (χ2n) is 6.24. The Morgan fingerprint density at radius 2 is 1.69 bits per heavy atom. The van der Waals surface area contributed by atoms with Crippen LogP contribution in [0.1, 0.15) is 0 Å². The van der Waals surface area contributed by atoms with E-state index in [0.29, 0.717) is 0 Å². The van der Waals surface area contributed by atoms with Gasteiger partial charge < -0.3 is 15.0 Å². The van der Waals surface area contributed by atoms with Crippen molar-refractivity contribution >= 4 is 49.1 Å². The smallest absolute Gasteiger partial charge is 0.188 e. The molecule has 5 rings (SSSR count). The average Bonchev–Trinajstić information content (AvgIpc) is 3.13. The highest BCUT2D eigenvalue weighted by atomic mass is 32.1. The molecule has 1 saturated heterocycles. The second kappa shape index (κ2) is 6.55. The molecule has 4 aromatic rings. The molecule has 3 heterocycles. The number of morpholine rings is 1.